The Morgan fingerprint density at radius 2 is 1.79 bits per heavy atom. The predicted octanol–water partition coefficient (Wildman–Crippen LogP) is 1.11. The lowest BCUT2D eigenvalue weighted by atomic mass is 10.0. The Morgan fingerprint density at radius 1 is 1.15 bits per heavy atom. The summed E-state index contributed by atoms with van der Waals surface area (Å²) >= 11 is 0. The van der Waals surface area contributed by atoms with Crippen LogP contribution in [-0.4, -0.2) is 75.8 Å². The van der Waals surface area contributed by atoms with E-state index in [-0.39, 0.29) is 24.2 Å². The van der Waals surface area contributed by atoms with Gasteiger partial charge in [-0.15, -0.1) is 0 Å². The maximum atomic E-state index is 13.3. The number of benzene rings is 1. The Balaban J connectivity index is 1.58. The molecular formula is C23H32N3O7+. The Bertz CT molecular complexity index is 1020. The van der Waals surface area contributed by atoms with E-state index in [4.69, 9.17) is 23.7 Å². The third kappa shape index (κ3) is 4.50. The molecule has 0 aliphatic carbocycles. The van der Waals surface area contributed by atoms with Gasteiger partial charge in [0.15, 0.2) is 23.3 Å². The van der Waals surface area contributed by atoms with E-state index in [1.54, 1.807) is 19.1 Å². The Labute approximate surface area is 192 Å². The molecule has 1 aromatic carbocycles. The molecule has 0 radical (unpaired) electrons. The van der Waals surface area contributed by atoms with E-state index in [0.29, 0.717) is 41.3 Å². The second kappa shape index (κ2) is 9.58. The smallest absolute Gasteiger partial charge is 0.356 e. The molecule has 0 bridgehead atoms. The van der Waals surface area contributed by atoms with E-state index in [0.717, 1.165) is 30.8 Å². The number of nitrogens with one attached hydrogen (secondary N) is 3. The molecular weight excluding hydrogens is 430 g/mol. The van der Waals surface area contributed by atoms with Gasteiger partial charge in [0.05, 0.1) is 71.2 Å². The van der Waals surface area contributed by atoms with E-state index in [1.807, 2.05) is 6.92 Å². The van der Waals surface area contributed by atoms with E-state index in [1.165, 1.54) is 14.2 Å². The Kier molecular flexibility index (Phi) is 6.78. The highest BCUT2D eigenvalue weighted by atomic mass is 16.7. The summed E-state index contributed by atoms with van der Waals surface area (Å²) in [7, 11) is 3.07. The van der Waals surface area contributed by atoms with E-state index in [9.17, 15) is 9.59 Å². The number of quaternary nitrogens is 1. The van der Waals surface area contributed by atoms with E-state index in [2.05, 4.69) is 10.3 Å². The van der Waals surface area contributed by atoms with Crippen LogP contribution in [0.1, 0.15) is 37.2 Å². The number of aromatic nitrogens is 1. The number of carbonyl (C=O) groups is 2. The minimum atomic E-state index is -0.544. The highest BCUT2D eigenvalue weighted by Crippen LogP contribution is 2.37. The fraction of sp³-hybridized carbons (Fsp3) is 0.565. The third-order valence-corrected chi connectivity index (χ3v) is 6.50. The molecule has 2 aliphatic rings. The number of H-pyrrole nitrogens is 1. The Hall–Kier alpha value is -2.82. The molecule has 1 aromatic heterocycles. The largest absolute Gasteiger partial charge is 0.493 e. The van der Waals surface area contributed by atoms with E-state index >= 15 is 0 Å². The second-order valence-corrected chi connectivity index (χ2v) is 8.33. The van der Waals surface area contributed by atoms with Crippen LogP contribution < -0.4 is 19.7 Å². The van der Waals surface area contributed by atoms with Gasteiger partial charge < -0.3 is 38.9 Å². The molecule has 180 valence electrons. The van der Waals surface area contributed by atoms with Crippen molar-refractivity contribution in [2.75, 3.05) is 52.4 Å². The highest BCUT2D eigenvalue weighted by molar-refractivity contribution is 6.12. The summed E-state index contributed by atoms with van der Waals surface area (Å²) in [6, 6.07) is 3.14. The average Bonchev–Trinajstić information content (AvgIpc) is 3.42. The highest BCUT2D eigenvalue weighted by Gasteiger charge is 2.43. The van der Waals surface area contributed by atoms with Gasteiger partial charge in [-0.25, -0.2) is 4.79 Å². The molecule has 2 aliphatic heterocycles. The fourth-order valence-corrected chi connectivity index (χ4v) is 4.59. The first-order valence-corrected chi connectivity index (χ1v) is 11.3. The van der Waals surface area contributed by atoms with Gasteiger partial charge in [-0.3, -0.25) is 4.79 Å². The summed E-state index contributed by atoms with van der Waals surface area (Å²) in [5.41, 5.74) is 1.18. The summed E-state index contributed by atoms with van der Waals surface area (Å²) in [4.78, 5) is 30.1. The molecule has 3 N–H and O–H groups in total. The van der Waals surface area contributed by atoms with Gasteiger partial charge in [-0.1, -0.05) is 0 Å². The summed E-state index contributed by atoms with van der Waals surface area (Å²) in [5.74, 6) is -0.210. The second-order valence-electron chi connectivity index (χ2n) is 8.33. The Morgan fingerprint density at radius 3 is 2.39 bits per heavy atom. The number of anilines is 1. The number of ether oxygens (including phenoxy) is 5. The molecule has 2 fully saturated rings. The zero-order valence-corrected chi connectivity index (χ0v) is 19.5. The number of carbonyl (C=O) groups excluding carboxylic acids is 2. The number of rotatable bonds is 7. The minimum absolute atomic E-state index is 0.183. The van der Waals surface area contributed by atoms with Crippen molar-refractivity contribution in [2.24, 2.45) is 0 Å². The quantitative estimate of drug-likeness (QED) is 0.529. The zero-order chi connectivity index (χ0) is 23.6. The van der Waals surface area contributed by atoms with Gasteiger partial charge in [0.1, 0.15) is 5.69 Å². The number of piperidine rings is 1. The fourth-order valence-electron chi connectivity index (χ4n) is 4.59. The molecule has 1 atom stereocenters. The molecule has 3 heterocycles. The molecule has 10 nitrogen and oxygen atoms in total. The number of hydrogen-bond acceptors (Lipinski definition) is 7. The summed E-state index contributed by atoms with van der Waals surface area (Å²) in [6.45, 7) is 6.61. The predicted molar refractivity (Wildman–Crippen MR) is 120 cm³/mol. The number of esters is 1. The number of amides is 1. The lowest BCUT2D eigenvalue weighted by molar-refractivity contribution is -0.922. The van der Waals surface area contributed by atoms with Crippen molar-refractivity contribution in [3.05, 3.63) is 17.8 Å². The van der Waals surface area contributed by atoms with Crippen LogP contribution in [0.2, 0.25) is 0 Å². The lowest BCUT2D eigenvalue weighted by Gasteiger charge is -2.37. The molecule has 2 aromatic rings. The first-order valence-electron chi connectivity index (χ1n) is 11.3. The van der Waals surface area contributed by atoms with Crippen molar-refractivity contribution < 1.29 is 38.2 Å². The summed E-state index contributed by atoms with van der Waals surface area (Å²) in [5, 5.41) is 3.60. The average molecular weight is 463 g/mol. The first kappa shape index (κ1) is 23.3. The maximum Gasteiger partial charge on any atom is 0.356 e. The molecule has 1 spiro atoms. The standard InChI is InChI=1S/C23H31N3O7/c1-5-31-22(28)20-19(15-12-17(29-3)18(30-4)13-16(15)24-20)25-21(27)14(2)26-8-6-23(7-9-26)32-10-11-33-23/h12-14,24H,5-11H2,1-4H3,(H,25,27)/p+1/t14-/m0/s1. The summed E-state index contributed by atoms with van der Waals surface area (Å²) < 4.78 is 27.6. The first-order chi connectivity index (χ1) is 15.9. The molecule has 4 rings (SSSR count). The van der Waals surface area contributed by atoms with Crippen molar-refractivity contribution in [3.63, 3.8) is 0 Å². The third-order valence-electron chi connectivity index (χ3n) is 6.50. The maximum absolute atomic E-state index is 13.3. The van der Waals surface area contributed by atoms with Crippen molar-refractivity contribution in [3.8, 4) is 11.5 Å². The molecule has 2 saturated heterocycles. The van der Waals surface area contributed by atoms with E-state index < -0.39 is 11.8 Å². The zero-order valence-electron chi connectivity index (χ0n) is 19.5. The molecule has 0 unspecified atom stereocenters. The molecule has 1 amide bonds. The monoisotopic (exact) mass is 462 g/mol. The minimum Gasteiger partial charge on any atom is -0.493 e. The van der Waals surface area contributed by atoms with Crippen LogP contribution in [-0.2, 0) is 19.0 Å². The van der Waals surface area contributed by atoms with Crippen LogP contribution in [0.25, 0.3) is 10.9 Å². The number of fused-ring (bicyclic) bond motifs is 1. The van der Waals surface area contributed by atoms with Crippen LogP contribution in [0.15, 0.2) is 12.1 Å². The topological polar surface area (TPSA) is 113 Å². The van der Waals surface area contributed by atoms with Gasteiger partial charge in [0.25, 0.3) is 5.91 Å². The van der Waals surface area contributed by atoms with Crippen molar-refractivity contribution in [1.82, 2.24) is 4.98 Å². The van der Waals surface area contributed by atoms with Crippen molar-refractivity contribution in [2.45, 2.75) is 38.5 Å². The van der Waals surface area contributed by atoms with Crippen LogP contribution in [0.3, 0.4) is 0 Å². The SMILES string of the molecule is CCOC(=O)c1[nH]c2cc(OC)c(OC)cc2c1NC(=O)[C@H](C)[NH+]1CCC2(CC1)OCCO2. The normalized spacial score (nSPS) is 18.9. The molecule has 33 heavy (non-hydrogen) atoms. The van der Waals surface area contributed by atoms with Crippen molar-refractivity contribution in [1.29, 1.82) is 0 Å². The van der Waals surface area contributed by atoms with Gasteiger partial charge in [0, 0.05) is 11.5 Å². The number of hydrogen-bond donors (Lipinski definition) is 3. The van der Waals surface area contributed by atoms with Crippen LogP contribution in [0, 0.1) is 0 Å². The summed E-state index contributed by atoms with van der Waals surface area (Å²) in [6.07, 6.45) is 1.50. The van der Waals surface area contributed by atoms with Gasteiger partial charge in [-0.05, 0) is 19.9 Å². The number of aromatic amines is 1. The van der Waals surface area contributed by atoms with Gasteiger partial charge in [0.2, 0.25) is 0 Å². The molecule has 0 saturated carbocycles. The lowest BCUT2D eigenvalue weighted by Crippen LogP contribution is -3.18. The number of methoxy groups -OCH3 is 2. The van der Waals surface area contributed by atoms with Gasteiger partial charge >= 0.3 is 5.97 Å². The van der Waals surface area contributed by atoms with Crippen LogP contribution in [0.4, 0.5) is 5.69 Å². The van der Waals surface area contributed by atoms with Crippen LogP contribution >= 0.6 is 0 Å². The molecule has 10 heteroatoms. The van der Waals surface area contributed by atoms with Gasteiger partial charge in [-0.2, -0.15) is 0 Å². The van der Waals surface area contributed by atoms with Crippen molar-refractivity contribution >= 4 is 28.5 Å². The van der Waals surface area contributed by atoms with Crippen LogP contribution in [0.5, 0.6) is 11.5 Å². The number of likely N-dealkylation sites (tertiary alicyclic amines) is 1.